The topological polar surface area (TPSA) is 56.3 Å². The van der Waals surface area contributed by atoms with Crippen LogP contribution in [-0.2, 0) is 9.47 Å². The molecule has 2 rings (SSSR count). The van der Waals surface area contributed by atoms with Crippen molar-refractivity contribution < 1.29 is 9.47 Å². The smallest absolute Gasteiger partial charge is 0.163 e. The summed E-state index contributed by atoms with van der Waals surface area (Å²) in [5, 5.41) is 11.1. The number of nitrogens with one attached hydrogen (secondary N) is 1. The lowest BCUT2D eigenvalue weighted by Crippen LogP contribution is -2.26. The predicted octanol–water partition coefficient (Wildman–Crippen LogP) is 1.69. The molecule has 2 heterocycles. The third-order valence-corrected chi connectivity index (χ3v) is 2.41. The first-order valence-corrected chi connectivity index (χ1v) is 5.48. The van der Waals surface area contributed by atoms with Crippen molar-refractivity contribution in [3.05, 3.63) is 17.3 Å². The van der Waals surface area contributed by atoms with Gasteiger partial charge in [-0.05, 0) is 26.0 Å². The van der Waals surface area contributed by atoms with E-state index >= 15 is 0 Å². The van der Waals surface area contributed by atoms with Crippen molar-refractivity contribution in [2.75, 3.05) is 18.5 Å². The Kier molecular flexibility index (Phi) is 3.28. The monoisotopic (exact) mass is 243 g/mol. The number of hydrogen-bond acceptors (Lipinski definition) is 5. The van der Waals surface area contributed by atoms with Crippen LogP contribution in [0.1, 0.15) is 13.8 Å². The van der Waals surface area contributed by atoms with Crippen LogP contribution in [0, 0.1) is 0 Å². The second kappa shape index (κ2) is 4.53. The van der Waals surface area contributed by atoms with Crippen molar-refractivity contribution in [2.45, 2.75) is 25.7 Å². The van der Waals surface area contributed by atoms with E-state index in [-0.39, 0.29) is 6.10 Å². The molecule has 16 heavy (non-hydrogen) atoms. The van der Waals surface area contributed by atoms with Crippen LogP contribution in [0.2, 0.25) is 5.15 Å². The second-order valence-electron chi connectivity index (χ2n) is 4.07. The molecule has 1 aliphatic heterocycles. The zero-order valence-electron chi connectivity index (χ0n) is 9.24. The molecule has 1 aromatic heterocycles. The van der Waals surface area contributed by atoms with E-state index < -0.39 is 5.79 Å². The van der Waals surface area contributed by atoms with Crippen LogP contribution in [0.3, 0.4) is 0 Å². The first-order chi connectivity index (χ1) is 7.55. The minimum atomic E-state index is -0.488. The highest BCUT2D eigenvalue weighted by atomic mass is 35.5. The lowest BCUT2D eigenvalue weighted by atomic mass is 10.3. The number of aromatic nitrogens is 2. The van der Waals surface area contributed by atoms with Crippen molar-refractivity contribution in [3.8, 4) is 0 Å². The third kappa shape index (κ3) is 3.04. The van der Waals surface area contributed by atoms with Crippen molar-refractivity contribution in [1.82, 2.24) is 10.2 Å². The Morgan fingerprint density at radius 3 is 2.88 bits per heavy atom. The predicted molar refractivity (Wildman–Crippen MR) is 60.4 cm³/mol. The number of ether oxygens (including phenoxy) is 2. The Balaban J connectivity index is 1.82. The van der Waals surface area contributed by atoms with Gasteiger partial charge < -0.3 is 14.8 Å². The Bertz CT molecular complexity index is 356. The molecule has 1 saturated heterocycles. The molecule has 88 valence electrons. The molecular formula is C10H14ClN3O2. The van der Waals surface area contributed by atoms with E-state index in [0.29, 0.717) is 24.1 Å². The third-order valence-electron chi connectivity index (χ3n) is 2.21. The molecule has 0 spiro atoms. The summed E-state index contributed by atoms with van der Waals surface area (Å²) in [4.78, 5) is 0. The fourth-order valence-corrected chi connectivity index (χ4v) is 1.59. The molecule has 1 unspecified atom stereocenters. The van der Waals surface area contributed by atoms with Gasteiger partial charge in [0.05, 0.1) is 6.61 Å². The molecule has 0 aromatic carbocycles. The van der Waals surface area contributed by atoms with Crippen molar-refractivity contribution in [2.24, 2.45) is 0 Å². The van der Waals surface area contributed by atoms with E-state index in [9.17, 15) is 0 Å². The maximum atomic E-state index is 5.64. The molecule has 0 aliphatic carbocycles. The maximum absolute atomic E-state index is 5.64. The summed E-state index contributed by atoms with van der Waals surface area (Å²) >= 11 is 5.63. The summed E-state index contributed by atoms with van der Waals surface area (Å²) in [5.74, 6) is 0.190. The van der Waals surface area contributed by atoms with Crippen LogP contribution in [-0.4, -0.2) is 35.2 Å². The number of anilines is 1. The quantitative estimate of drug-likeness (QED) is 0.876. The number of halogens is 1. The van der Waals surface area contributed by atoms with E-state index in [1.165, 1.54) is 0 Å². The first-order valence-electron chi connectivity index (χ1n) is 5.10. The number of hydrogen-bond donors (Lipinski definition) is 1. The number of rotatable bonds is 3. The van der Waals surface area contributed by atoms with Gasteiger partial charge in [0.15, 0.2) is 10.9 Å². The fraction of sp³-hybridized carbons (Fsp3) is 0.600. The van der Waals surface area contributed by atoms with Crippen LogP contribution < -0.4 is 5.32 Å². The molecule has 0 radical (unpaired) electrons. The largest absolute Gasteiger partial charge is 0.366 e. The van der Waals surface area contributed by atoms with Crippen molar-refractivity contribution >= 4 is 17.4 Å². The normalized spacial score (nSPS) is 23.3. The SMILES string of the molecule is CC1(C)OCC(CNc2ccc(Cl)nn2)O1. The molecule has 1 aromatic rings. The fourth-order valence-electron chi connectivity index (χ4n) is 1.49. The summed E-state index contributed by atoms with van der Waals surface area (Å²) in [6.07, 6.45) is 0.0347. The standard InChI is InChI=1S/C10H14ClN3O2/c1-10(2)15-6-7(16-10)5-12-9-4-3-8(11)13-14-9/h3-4,7H,5-6H2,1-2H3,(H,12,14). The summed E-state index contributed by atoms with van der Waals surface area (Å²) < 4.78 is 11.1. The second-order valence-corrected chi connectivity index (χ2v) is 4.46. The van der Waals surface area contributed by atoms with Crippen LogP contribution in [0.4, 0.5) is 5.82 Å². The highest BCUT2D eigenvalue weighted by Crippen LogP contribution is 2.22. The highest BCUT2D eigenvalue weighted by molar-refractivity contribution is 6.29. The Labute approximate surface area is 99.1 Å². The molecule has 0 saturated carbocycles. The molecule has 6 heteroatoms. The first kappa shape index (κ1) is 11.6. The molecule has 1 fully saturated rings. The van der Waals surface area contributed by atoms with Gasteiger partial charge >= 0.3 is 0 Å². The summed E-state index contributed by atoms with van der Waals surface area (Å²) in [5.41, 5.74) is 0. The lowest BCUT2D eigenvalue weighted by molar-refractivity contribution is -0.136. The van der Waals surface area contributed by atoms with E-state index in [1.807, 2.05) is 13.8 Å². The highest BCUT2D eigenvalue weighted by Gasteiger charge is 2.32. The van der Waals surface area contributed by atoms with E-state index in [2.05, 4.69) is 15.5 Å². The van der Waals surface area contributed by atoms with Gasteiger partial charge in [-0.25, -0.2) is 0 Å². The van der Waals surface area contributed by atoms with E-state index in [1.54, 1.807) is 12.1 Å². The van der Waals surface area contributed by atoms with Crippen LogP contribution in [0.5, 0.6) is 0 Å². The summed E-state index contributed by atoms with van der Waals surface area (Å²) in [7, 11) is 0. The van der Waals surface area contributed by atoms with Crippen LogP contribution in [0.15, 0.2) is 12.1 Å². The minimum absolute atomic E-state index is 0.0347. The van der Waals surface area contributed by atoms with Gasteiger partial charge in [0, 0.05) is 6.54 Å². The van der Waals surface area contributed by atoms with Gasteiger partial charge in [-0.15, -0.1) is 10.2 Å². The van der Waals surface area contributed by atoms with Gasteiger partial charge in [0.2, 0.25) is 0 Å². The molecular weight excluding hydrogens is 230 g/mol. The molecule has 1 N–H and O–H groups in total. The zero-order chi connectivity index (χ0) is 11.6. The molecule has 1 aliphatic rings. The van der Waals surface area contributed by atoms with Crippen LogP contribution >= 0.6 is 11.6 Å². The zero-order valence-corrected chi connectivity index (χ0v) is 9.99. The summed E-state index contributed by atoms with van der Waals surface area (Å²) in [6.45, 7) is 5.02. The number of nitrogens with zero attached hydrogens (tertiary/aromatic N) is 2. The molecule has 5 nitrogen and oxygen atoms in total. The Hall–Kier alpha value is -0.910. The minimum Gasteiger partial charge on any atom is -0.366 e. The molecule has 1 atom stereocenters. The van der Waals surface area contributed by atoms with E-state index in [4.69, 9.17) is 21.1 Å². The van der Waals surface area contributed by atoms with Crippen molar-refractivity contribution in [3.63, 3.8) is 0 Å². The van der Waals surface area contributed by atoms with E-state index in [0.717, 1.165) is 0 Å². The van der Waals surface area contributed by atoms with Crippen molar-refractivity contribution in [1.29, 1.82) is 0 Å². The summed E-state index contributed by atoms with van der Waals surface area (Å²) in [6, 6.07) is 3.46. The van der Waals surface area contributed by atoms with Gasteiger partial charge in [-0.3, -0.25) is 0 Å². The Morgan fingerprint density at radius 1 is 1.50 bits per heavy atom. The Morgan fingerprint density at radius 2 is 2.31 bits per heavy atom. The lowest BCUT2D eigenvalue weighted by Gasteiger charge is -2.17. The van der Waals surface area contributed by atoms with Gasteiger partial charge in [-0.1, -0.05) is 11.6 Å². The van der Waals surface area contributed by atoms with Gasteiger partial charge in [0.1, 0.15) is 11.9 Å². The molecule has 0 bridgehead atoms. The van der Waals surface area contributed by atoms with Gasteiger partial charge in [-0.2, -0.15) is 0 Å². The van der Waals surface area contributed by atoms with Crippen LogP contribution in [0.25, 0.3) is 0 Å². The average Bonchev–Trinajstić information content (AvgIpc) is 2.58. The molecule has 0 amide bonds. The average molecular weight is 244 g/mol. The maximum Gasteiger partial charge on any atom is 0.163 e. The van der Waals surface area contributed by atoms with Gasteiger partial charge in [0.25, 0.3) is 0 Å².